The Balaban J connectivity index is 2.29. The van der Waals surface area contributed by atoms with E-state index in [0.717, 1.165) is 37.6 Å². The number of hydrogen-bond acceptors (Lipinski definition) is 3. The Bertz CT molecular complexity index is 299. The lowest BCUT2D eigenvalue weighted by Crippen LogP contribution is -2.36. The number of phenolic OH excluding ortho intramolecular Hbond substituents is 1. The molecule has 0 aliphatic carbocycles. The summed E-state index contributed by atoms with van der Waals surface area (Å²) in [6, 6.07) is 5.62. The zero-order chi connectivity index (χ0) is 9.97. The first kappa shape index (κ1) is 9.34. The largest absolute Gasteiger partial charge is 0.506 e. The summed E-state index contributed by atoms with van der Waals surface area (Å²) in [6.07, 6.45) is 0. The van der Waals surface area contributed by atoms with Gasteiger partial charge in [-0.15, -0.1) is 0 Å². The highest BCUT2D eigenvalue weighted by Crippen LogP contribution is 2.30. The van der Waals surface area contributed by atoms with Gasteiger partial charge in [0.2, 0.25) is 0 Å². The van der Waals surface area contributed by atoms with Gasteiger partial charge in [-0.25, -0.2) is 0 Å². The van der Waals surface area contributed by atoms with Crippen molar-refractivity contribution in [2.45, 2.75) is 6.92 Å². The highest BCUT2D eigenvalue weighted by Gasteiger charge is 2.15. The molecule has 0 atom stereocenters. The summed E-state index contributed by atoms with van der Waals surface area (Å²) in [6.45, 7) is 5.23. The first-order chi connectivity index (χ1) is 6.79. The minimum atomic E-state index is 0.368. The topological polar surface area (TPSA) is 32.7 Å². The molecular formula is C11H15NO2. The number of rotatable bonds is 1. The summed E-state index contributed by atoms with van der Waals surface area (Å²) < 4.78 is 5.28. The molecule has 0 unspecified atom stereocenters. The van der Waals surface area contributed by atoms with Gasteiger partial charge in [0, 0.05) is 13.1 Å². The van der Waals surface area contributed by atoms with Crippen LogP contribution in [0.15, 0.2) is 18.2 Å². The van der Waals surface area contributed by atoms with Crippen LogP contribution in [0, 0.1) is 6.92 Å². The van der Waals surface area contributed by atoms with Crippen molar-refractivity contribution < 1.29 is 9.84 Å². The molecule has 1 aromatic carbocycles. The second kappa shape index (κ2) is 3.88. The summed E-state index contributed by atoms with van der Waals surface area (Å²) in [4.78, 5) is 2.17. The second-order valence-corrected chi connectivity index (χ2v) is 3.54. The van der Waals surface area contributed by atoms with Gasteiger partial charge in [-0.3, -0.25) is 0 Å². The van der Waals surface area contributed by atoms with Crippen LogP contribution in [0.4, 0.5) is 5.69 Å². The van der Waals surface area contributed by atoms with Crippen molar-refractivity contribution in [3.05, 3.63) is 23.8 Å². The maximum absolute atomic E-state index is 9.76. The zero-order valence-corrected chi connectivity index (χ0v) is 8.36. The van der Waals surface area contributed by atoms with E-state index < -0.39 is 0 Å². The van der Waals surface area contributed by atoms with Gasteiger partial charge in [-0.1, -0.05) is 12.1 Å². The predicted octanol–water partition coefficient (Wildman–Crippen LogP) is 1.54. The van der Waals surface area contributed by atoms with Crippen LogP contribution < -0.4 is 4.90 Å². The minimum absolute atomic E-state index is 0.368. The first-order valence-corrected chi connectivity index (χ1v) is 4.90. The predicted molar refractivity (Wildman–Crippen MR) is 55.9 cm³/mol. The van der Waals surface area contributed by atoms with E-state index in [2.05, 4.69) is 4.90 Å². The molecule has 0 spiro atoms. The Kier molecular flexibility index (Phi) is 2.59. The van der Waals surface area contributed by atoms with E-state index in [9.17, 15) is 5.11 Å². The van der Waals surface area contributed by atoms with Gasteiger partial charge < -0.3 is 14.7 Å². The third kappa shape index (κ3) is 1.68. The highest BCUT2D eigenvalue weighted by molar-refractivity contribution is 5.63. The Morgan fingerprint density at radius 3 is 2.64 bits per heavy atom. The molecule has 1 heterocycles. The van der Waals surface area contributed by atoms with E-state index in [-0.39, 0.29) is 0 Å². The van der Waals surface area contributed by atoms with E-state index in [1.807, 2.05) is 19.1 Å². The summed E-state index contributed by atoms with van der Waals surface area (Å²) in [5, 5.41) is 9.76. The molecule has 1 saturated heterocycles. The lowest BCUT2D eigenvalue weighted by atomic mass is 10.1. The number of aromatic hydroxyl groups is 1. The fourth-order valence-electron chi connectivity index (χ4n) is 1.84. The normalized spacial score (nSPS) is 17.1. The molecule has 1 N–H and O–H groups in total. The molecule has 3 nitrogen and oxygen atoms in total. The molecule has 1 aliphatic heterocycles. The van der Waals surface area contributed by atoms with Gasteiger partial charge in [-0.05, 0) is 18.6 Å². The third-order valence-electron chi connectivity index (χ3n) is 2.54. The van der Waals surface area contributed by atoms with Crippen LogP contribution in [0.2, 0.25) is 0 Å². The zero-order valence-electron chi connectivity index (χ0n) is 8.36. The fourth-order valence-corrected chi connectivity index (χ4v) is 1.84. The molecule has 14 heavy (non-hydrogen) atoms. The molecule has 1 fully saturated rings. The monoisotopic (exact) mass is 193 g/mol. The number of hydrogen-bond donors (Lipinski definition) is 1. The van der Waals surface area contributed by atoms with Crippen molar-refractivity contribution in [1.82, 2.24) is 0 Å². The van der Waals surface area contributed by atoms with Crippen LogP contribution >= 0.6 is 0 Å². The summed E-state index contributed by atoms with van der Waals surface area (Å²) in [5.41, 5.74) is 2.07. The van der Waals surface area contributed by atoms with E-state index in [1.54, 1.807) is 6.07 Å². The molecule has 0 amide bonds. The molecule has 3 heteroatoms. The number of aryl methyl sites for hydroxylation is 1. The van der Waals surface area contributed by atoms with Crippen LogP contribution in [-0.2, 0) is 4.74 Å². The number of benzene rings is 1. The van der Waals surface area contributed by atoms with Crippen molar-refractivity contribution >= 4 is 5.69 Å². The van der Waals surface area contributed by atoms with Gasteiger partial charge in [0.25, 0.3) is 0 Å². The molecule has 0 bridgehead atoms. The first-order valence-electron chi connectivity index (χ1n) is 4.90. The Labute approximate surface area is 83.9 Å². The smallest absolute Gasteiger partial charge is 0.139 e. The number of ether oxygens (including phenoxy) is 1. The van der Waals surface area contributed by atoms with Crippen molar-refractivity contribution in [1.29, 1.82) is 0 Å². The Morgan fingerprint density at radius 1 is 1.29 bits per heavy atom. The number of nitrogens with zero attached hydrogens (tertiary/aromatic N) is 1. The number of anilines is 1. The molecule has 2 rings (SSSR count). The van der Waals surface area contributed by atoms with Crippen molar-refractivity contribution in [2.24, 2.45) is 0 Å². The van der Waals surface area contributed by atoms with E-state index in [0.29, 0.717) is 5.75 Å². The molecule has 1 aromatic rings. The van der Waals surface area contributed by atoms with E-state index in [1.165, 1.54) is 0 Å². The maximum atomic E-state index is 9.76. The standard InChI is InChI=1S/C11H15NO2/c1-9-3-2-4-10(13)11(9)12-5-7-14-8-6-12/h2-4,13H,5-8H2,1H3. The lowest BCUT2D eigenvalue weighted by Gasteiger charge is -2.30. The fraction of sp³-hybridized carbons (Fsp3) is 0.455. The number of morpholine rings is 1. The molecular weight excluding hydrogens is 178 g/mol. The van der Waals surface area contributed by atoms with Gasteiger partial charge in [0.1, 0.15) is 5.75 Å². The van der Waals surface area contributed by atoms with Gasteiger partial charge in [-0.2, -0.15) is 0 Å². The van der Waals surface area contributed by atoms with Crippen LogP contribution in [0.3, 0.4) is 0 Å². The molecule has 0 saturated carbocycles. The van der Waals surface area contributed by atoms with Gasteiger partial charge in [0.15, 0.2) is 0 Å². The van der Waals surface area contributed by atoms with Crippen molar-refractivity contribution in [3.8, 4) is 5.75 Å². The van der Waals surface area contributed by atoms with Crippen LogP contribution in [-0.4, -0.2) is 31.4 Å². The van der Waals surface area contributed by atoms with Crippen molar-refractivity contribution in [2.75, 3.05) is 31.2 Å². The number of para-hydroxylation sites is 1. The third-order valence-corrected chi connectivity index (χ3v) is 2.54. The molecule has 0 aromatic heterocycles. The number of phenols is 1. The van der Waals surface area contributed by atoms with Gasteiger partial charge in [0.05, 0.1) is 18.9 Å². The van der Waals surface area contributed by atoms with Crippen LogP contribution in [0.5, 0.6) is 5.75 Å². The molecule has 1 aliphatic rings. The summed E-state index contributed by atoms with van der Waals surface area (Å²) in [7, 11) is 0. The van der Waals surface area contributed by atoms with E-state index in [4.69, 9.17) is 4.74 Å². The molecule has 76 valence electrons. The maximum Gasteiger partial charge on any atom is 0.139 e. The highest BCUT2D eigenvalue weighted by atomic mass is 16.5. The lowest BCUT2D eigenvalue weighted by molar-refractivity contribution is 0.122. The Hall–Kier alpha value is -1.22. The van der Waals surface area contributed by atoms with E-state index >= 15 is 0 Å². The minimum Gasteiger partial charge on any atom is -0.506 e. The average Bonchev–Trinajstić information content (AvgIpc) is 2.19. The van der Waals surface area contributed by atoms with Crippen LogP contribution in [0.1, 0.15) is 5.56 Å². The average molecular weight is 193 g/mol. The quantitative estimate of drug-likeness (QED) is 0.734. The summed E-state index contributed by atoms with van der Waals surface area (Å²) in [5.74, 6) is 0.368. The SMILES string of the molecule is Cc1cccc(O)c1N1CCOCC1. The van der Waals surface area contributed by atoms with Gasteiger partial charge >= 0.3 is 0 Å². The molecule has 0 radical (unpaired) electrons. The van der Waals surface area contributed by atoms with Crippen LogP contribution in [0.25, 0.3) is 0 Å². The van der Waals surface area contributed by atoms with Crippen molar-refractivity contribution in [3.63, 3.8) is 0 Å². The second-order valence-electron chi connectivity index (χ2n) is 3.54. The Morgan fingerprint density at radius 2 is 2.00 bits per heavy atom. The summed E-state index contributed by atoms with van der Waals surface area (Å²) >= 11 is 0.